The highest BCUT2D eigenvalue weighted by Crippen LogP contribution is 2.19. The van der Waals surface area contributed by atoms with Crippen LogP contribution in [0.4, 0.5) is 0 Å². The number of carbonyl (C=O) groups is 2. The van der Waals surface area contributed by atoms with Crippen molar-refractivity contribution in [2.75, 3.05) is 6.61 Å². The van der Waals surface area contributed by atoms with Crippen molar-refractivity contribution in [1.29, 1.82) is 0 Å². The molecule has 3 N–H and O–H groups in total. The average molecular weight is 808 g/mol. The monoisotopic (exact) mass is 808 g/mol. The van der Waals surface area contributed by atoms with Gasteiger partial charge < -0.3 is 20.3 Å². The van der Waals surface area contributed by atoms with Crippen LogP contribution in [-0.2, 0) is 14.3 Å². The van der Waals surface area contributed by atoms with Gasteiger partial charge in [-0.25, -0.2) is 0 Å². The Morgan fingerprint density at radius 1 is 0.439 bits per heavy atom. The number of rotatable bonds is 47. The minimum absolute atomic E-state index is 0.0877. The van der Waals surface area contributed by atoms with Gasteiger partial charge in [0.25, 0.3) is 0 Å². The van der Waals surface area contributed by atoms with E-state index in [2.05, 4.69) is 26.1 Å². The SMILES string of the molecule is CCCCCCCCCCCCCCCCCCC(CC(=O)NC(CO)C(O)CCCCCCCCCCCC)OC(=O)CCCCCCCCCCCCCC. The molecule has 0 aromatic carbocycles. The van der Waals surface area contributed by atoms with Crippen molar-refractivity contribution >= 4 is 11.9 Å². The number of carbonyl (C=O) groups excluding carboxylic acids is 2. The number of ether oxygens (including phenoxy) is 1. The van der Waals surface area contributed by atoms with Gasteiger partial charge in [-0.15, -0.1) is 0 Å². The third kappa shape index (κ3) is 41.4. The minimum Gasteiger partial charge on any atom is -0.462 e. The van der Waals surface area contributed by atoms with E-state index in [0.717, 1.165) is 44.9 Å². The number of aliphatic hydroxyl groups is 2. The largest absolute Gasteiger partial charge is 0.462 e. The Balaban J connectivity index is 4.52. The van der Waals surface area contributed by atoms with Crippen molar-refractivity contribution in [3.05, 3.63) is 0 Å². The number of amides is 1. The second-order valence-electron chi connectivity index (χ2n) is 17.9. The fraction of sp³-hybridized carbons (Fsp3) is 0.961. The van der Waals surface area contributed by atoms with Crippen LogP contribution in [0.25, 0.3) is 0 Å². The molecular weight excluding hydrogens is 707 g/mol. The lowest BCUT2D eigenvalue weighted by molar-refractivity contribution is -0.151. The molecule has 1 amide bonds. The fourth-order valence-corrected chi connectivity index (χ4v) is 8.26. The van der Waals surface area contributed by atoms with E-state index in [0.29, 0.717) is 19.3 Å². The molecule has 340 valence electrons. The van der Waals surface area contributed by atoms with E-state index in [4.69, 9.17) is 4.74 Å². The molecule has 0 saturated carbocycles. The molecule has 0 radical (unpaired) electrons. The van der Waals surface area contributed by atoms with Gasteiger partial charge >= 0.3 is 5.97 Å². The summed E-state index contributed by atoms with van der Waals surface area (Å²) in [5.74, 6) is -0.452. The van der Waals surface area contributed by atoms with Crippen LogP contribution < -0.4 is 5.32 Å². The molecule has 3 atom stereocenters. The highest BCUT2D eigenvalue weighted by atomic mass is 16.5. The first-order chi connectivity index (χ1) is 28.0. The van der Waals surface area contributed by atoms with Gasteiger partial charge in [-0.2, -0.15) is 0 Å². The zero-order valence-corrected chi connectivity index (χ0v) is 38.8. The summed E-state index contributed by atoms with van der Waals surface area (Å²) < 4.78 is 5.94. The second kappa shape index (κ2) is 45.9. The second-order valence-corrected chi connectivity index (χ2v) is 17.9. The Labute approximate surface area is 356 Å². The zero-order chi connectivity index (χ0) is 41.7. The molecule has 0 aromatic rings. The van der Waals surface area contributed by atoms with Crippen molar-refractivity contribution in [3.63, 3.8) is 0 Å². The molecule has 0 heterocycles. The van der Waals surface area contributed by atoms with E-state index in [1.54, 1.807) is 0 Å². The van der Waals surface area contributed by atoms with Crippen LogP contribution in [0.2, 0.25) is 0 Å². The maximum atomic E-state index is 13.2. The molecule has 0 bridgehead atoms. The summed E-state index contributed by atoms with van der Waals surface area (Å²) in [6.45, 7) is 6.50. The van der Waals surface area contributed by atoms with Crippen LogP contribution in [-0.4, -0.2) is 46.9 Å². The summed E-state index contributed by atoms with van der Waals surface area (Å²) in [5, 5.41) is 23.7. The van der Waals surface area contributed by atoms with Gasteiger partial charge in [-0.3, -0.25) is 9.59 Å². The number of aliphatic hydroxyl groups excluding tert-OH is 2. The number of unbranched alkanes of at least 4 members (excludes halogenated alkanes) is 35. The number of nitrogens with one attached hydrogen (secondary N) is 1. The third-order valence-corrected chi connectivity index (χ3v) is 12.2. The van der Waals surface area contributed by atoms with E-state index in [1.165, 1.54) is 199 Å². The quantitative estimate of drug-likeness (QED) is 0.0420. The number of hydrogen-bond acceptors (Lipinski definition) is 5. The summed E-state index contributed by atoms with van der Waals surface area (Å²) in [5.41, 5.74) is 0. The van der Waals surface area contributed by atoms with Crippen molar-refractivity contribution in [1.82, 2.24) is 5.32 Å². The lowest BCUT2D eigenvalue weighted by atomic mass is 10.0. The third-order valence-electron chi connectivity index (χ3n) is 12.2. The van der Waals surface area contributed by atoms with E-state index in [-0.39, 0.29) is 24.9 Å². The van der Waals surface area contributed by atoms with Crippen LogP contribution in [0.15, 0.2) is 0 Å². The molecule has 3 unspecified atom stereocenters. The highest BCUT2D eigenvalue weighted by molar-refractivity contribution is 5.77. The first-order valence-corrected chi connectivity index (χ1v) is 25.8. The van der Waals surface area contributed by atoms with Crippen LogP contribution in [0.3, 0.4) is 0 Å². The van der Waals surface area contributed by atoms with Gasteiger partial charge in [0.2, 0.25) is 5.91 Å². The summed E-state index contributed by atoms with van der Waals surface area (Å²) in [4.78, 5) is 26.1. The lowest BCUT2D eigenvalue weighted by Gasteiger charge is -2.24. The topological polar surface area (TPSA) is 95.9 Å². The van der Waals surface area contributed by atoms with Crippen molar-refractivity contribution < 1.29 is 24.5 Å². The maximum Gasteiger partial charge on any atom is 0.306 e. The molecule has 0 fully saturated rings. The molecule has 0 aliphatic carbocycles. The molecule has 0 aliphatic rings. The average Bonchev–Trinajstić information content (AvgIpc) is 3.20. The van der Waals surface area contributed by atoms with Crippen molar-refractivity contribution in [3.8, 4) is 0 Å². The summed E-state index contributed by atoms with van der Waals surface area (Å²) in [6.07, 6.45) is 48.8. The normalized spacial score (nSPS) is 13.1. The van der Waals surface area contributed by atoms with Crippen molar-refractivity contribution in [2.45, 2.75) is 309 Å². The molecule has 0 spiro atoms. The molecule has 0 rings (SSSR count). The van der Waals surface area contributed by atoms with E-state index >= 15 is 0 Å². The maximum absolute atomic E-state index is 13.2. The Morgan fingerprint density at radius 3 is 1.07 bits per heavy atom. The Kier molecular flexibility index (Phi) is 45.0. The molecule has 6 nitrogen and oxygen atoms in total. The number of hydrogen-bond donors (Lipinski definition) is 3. The molecule has 0 aliphatic heterocycles. The zero-order valence-electron chi connectivity index (χ0n) is 38.8. The van der Waals surface area contributed by atoms with Crippen LogP contribution in [0, 0.1) is 0 Å². The molecule has 0 aromatic heterocycles. The summed E-state index contributed by atoms with van der Waals surface area (Å²) in [7, 11) is 0. The smallest absolute Gasteiger partial charge is 0.306 e. The van der Waals surface area contributed by atoms with Crippen molar-refractivity contribution in [2.24, 2.45) is 0 Å². The van der Waals surface area contributed by atoms with Gasteiger partial charge in [-0.05, 0) is 25.7 Å². The predicted octanol–water partition coefficient (Wildman–Crippen LogP) is 15.2. The molecule has 0 saturated heterocycles. The van der Waals surface area contributed by atoms with E-state index < -0.39 is 18.2 Å². The van der Waals surface area contributed by atoms with Crippen LogP contribution in [0.1, 0.15) is 290 Å². The highest BCUT2D eigenvalue weighted by Gasteiger charge is 2.24. The van der Waals surface area contributed by atoms with Gasteiger partial charge in [0, 0.05) is 6.42 Å². The summed E-state index contributed by atoms with van der Waals surface area (Å²) >= 11 is 0. The molecule has 57 heavy (non-hydrogen) atoms. The van der Waals surface area contributed by atoms with Crippen LogP contribution >= 0.6 is 0 Å². The first kappa shape index (κ1) is 55.9. The minimum atomic E-state index is -0.778. The lowest BCUT2D eigenvalue weighted by Crippen LogP contribution is -2.46. The number of esters is 1. The predicted molar refractivity (Wildman–Crippen MR) is 246 cm³/mol. The fourth-order valence-electron chi connectivity index (χ4n) is 8.26. The van der Waals surface area contributed by atoms with Gasteiger partial charge in [-0.1, -0.05) is 252 Å². The van der Waals surface area contributed by atoms with Gasteiger partial charge in [0.15, 0.2) is 0 Å². The first-order valence-electron chi connectivity index (χ1n) is 25.8. The standard InChI is InChI=1S/C51H101NO5/c1-4-7-10-13-16-19-22-24-25-26-27-28-30-33-36-39-42-47(57-51(56)44-41-38-35-32-29-23-20-17-14-11-8-5-2)45-50(55)52-48(46-53)49(54)43-40-37-34-31-21-18-15-12-9-6-3/h47-49,53-54H,4-46H2,1-3H3,(H,52,55). The Morgan fingerprint density at radius 2 is 0.737 bits per heavy atom. The van der Waals surface area contributed by atoms with E-state index in [9.17, 15) is 19.8 Å². The van der Waals surface area contributed by atoms with Gasteiger partial charge in [0.1, 0.15) is 6.10 Å². The van der Waals surface area contributed by atoms with Gasteiger partial charge in [0.05, 0.1) is 25.2 Å². The summed E-state index contributed by atoms with van der Waals surface area (Å²) in [6, 6.07) is -0.691. The Bertz CT molecular complexity index is 821. The Hall–Kier alpha value is -1.14. The molecular formula is C51H101NO5. The van der Waals surface area contributed by atoms with E-state index in [1.807, 2.05) is 0 Å². The molecule has 6 heteroatoms. The van der Waals surface area contributed by atoms with Crippen LogP contribution in [0.5, 0.6) is 0 Å².